The summed E-state index contributed by atoms with van der Waals surface area (Å²) in [5.74, 6) is 0. The molecule has 3 heterocycles. The van der Waals surface area contributed by atoms with Crippen molar-refractivity contribution in [3.8, 4) is 0 Å². The van der Waals surface area contributed by atoms with Crippen LogP contribution in [0.1, 0.15) is 31.2 Å². The molecular formula is C23H35N3O3. The third-order valence-electron chi connectivity index (χ3n) is 6.78. The molecule has 3 fully saturated rings. The molecule has 0 saturated carbocycles. The molecule has 1 spiro atoms. The highest BCUT2D eigenvalue weighted by molar-refractivity contribution is 5.70. The predicted molar refractivity (Wildman–Crippen MR) is 113 cm³/mol. The van der Waals surface area contributed by atoms with Crippen LogP contribution in [-0.4, -0.2) is 92.0 Å². The van der Waals surface area contributed by atoms with Crippen LogP contribution in [-0.2, 0) is 15.9 Å². The van der Waals surface area contributed by atoms with Gasteiger partial charge in [-0.25, -0.2) is 4.79 Å². The van der Waals surface area contributed by atoms with Gasteiger partial charge >= 0.3 is 6.09 Å². The molecule has 29 heavy (non-hydrogen) atoms. The summed E-state index contributed by atoms with van der Waals surface area (Å²) in [5, 5.41) is 0. The Morgan fingerprint density at radius 3 is 2.69 bits per heavy atom. The van der Waals surface area contributed by atoms with Gasteiger partial charge in [0.2, 0.25) is 0 Å². The van der Waals surface area contributed by atoms with Gasteiger partial charge in [0.1, 0.15) is 5.60 Å². The van der Waals surface area contributed by atoms with Crippen molar-refractivity contribution in [2.45, 2.75) is 43.7 Å². The van der Waals surface area contributed by atoms with Gasteiger partial charge in [0.25, 0.3) is 0 Å². The number of ether oxygens (including phenoxy) is 2. The quantitative estimate of drug-likeness (QED) is 0.703. The lowest BCUT2D eigenvalue weighted by atomic mass is 9.90. The number of benzene rings is 1. The molecule has 160 valence electrons. The Morgan fingerprint density at radius 2 is 1.97 bits per heavy atom. The van der Waals surface area contributed by atoms with Crippen LogP contribution in [0.3, 0.4) is 0 Å². The van der Waals surface area contributed by atoms with E-state index in [9.17, 15) is 4.79 Å². The predicted octanol–water partition coefficient (Wildman–Crippen LogP) is 2.63. The van der Waals surface area contributed by atoms with E-state index >= 15 is 0 Å². The topological polar surface area (TPSA) is 45.2 Å². The molecule has 3 aliphatic heterocycles. The first-order chi connectivity index (χ1) is 14.1. The minimum Gasteiger partial charge on any atom is -0.441 e. The summed E-state index contributed by atoms with van der Waals surface area (Å²) in [6.07, 6.45) is 5.18. The average molecular weight is 402 g/mol. The fourth-order valence-corrected chi connectivity index (χ4v) is 4.80. The third-order valence-corrected chi connectivity index (χ3v) is 6.78. The molecule has 0 aromatic heterocycles. The van der Waals surface area contributed by atoms with Crippen LogP contribution in [0.15, 0.2) is 30.3 Å². The van der Waals surface area contributed by atoms with E-state index < -0.39 is 0 Å². The maximum atomic E-state index is 12.5. The summed E-state index contributed by atoms with van der Waals surface area (Å²) >= 11 is 0. The van der Waals surface area contributed by atoms with Gasteiger partial charge in [-0.1, -0.05) is 30.3 Å². The van der Waals surface area contributed by atoms with Crippen molar-refractivity contribution >= 4 is 6.09 Å². The fraction of sp³-hybridized carbons (Fsp3) is 0.696. The molecule has 0 aliphatic carbocycles. The molecule has 1 aromatic rings. The summed E-state index contributed by atoms with van der Waals surface area (Å²) < 4.78 is 11.6. The van der Waals surface area contributed by atoms with E-state index in [0.717, 1.165) is 78.2 Å². The summed E-state index contributed by atoms with van der Waals surface area (Å²) in [4.78, 5) is 19.2. The second-order valence-electron chi connectivity index (χ2n) is 8.92. The first kappa shape index (κ1) is 20.6. The largest absolute Gasteiger partial charge is 0.441 e. The number of carbonyl (C=O) groups excluding carboxylic acids is 1. The van der Waals surface area contributed by atoms with Crippen molar-refractivity contribution in [1.82, 2.24) is 14.7 Å². The van der Waals surface area contributed by atoms with Crippen LogP contribution in [0.4, 0.5) is 4.79 Å². The molecule has 3 saturated heterocycles. The Hall–Kier alpha value is -1.63. The van der Waals surface area contributed by atoms with Crippen LogP contribution in [0, 0.1) is 0 Å². The Morgan fingerprint density at radius 1 is 1.17 bits per heavy atom. The second kappa shape index (κ2) is 9.45. The number of amides is 1. The fourth-order valence-electron chi connectivity index (χ4n) is 4.80. The van der Waals surface area contributed by atoms with Crippen LogP contribution in [0.25, 0.3) is 0 Å². The van der Waals surface area contributed by atoms with Crippen molar-refractivity contribution in [1.29, 1.82) is 0 Å². The minimum absolute atomic E-state index is 0.129. The number of piperidine rings is 1. The number of hydrogen-bond acceptors (Lipinski definition) is 5. The summed E-state index contributed by atoms with van der Waals surface area (Å²) in [7, 11) is 2.13. The first-order valence-electron chi connectivity index (χ1n) is 11.2. The van der Waals surface area contributed by atoms with Crippen LogP contribution >= 0.6 is 0 Å². The summed E-state index contributed by atoms with van der Waals surface area (Å²) in [6, 6.07) is 11.1. The van der Waals surface area contributed by atoms with Crippen molar-refractivity contribution in [2.75, 3.05) is 59.5 Å². The van der Waals surface area contributed by atoms with E-state index in [2.05, 4.69) is 47.2 Å². The average Bonchev–Trinajstić information content (AvgIpc) is 3.07. The molecule has 1 atom stereocenters. The highest BCUT2D eigenvalue weighted by atomic mass is 16.6. The maximum absolute atomic E-state index is 12.5. The zero-order valence-corrected chi connectivity index (χ0v) is 17.7. The van der Waals surface area contributed by atoms with E-state index in [1.165, 1.54) is 12.0 Å². The van der Waals surface area contributed by atoms with Gasteiger partial charge in [-0.3, -0.25) is 4.90 Å². The molecule has 6 nitrogen and oxygen atoms in total. The number of hydrogen-bond donors (Lipinski definition) is 0. The molecule has 0 N–H and O–H groups in total. The van der Waals surface area contributed by atoms with Crippen LogP contribution < -0.4 is 0 Å². The lowest BCUT2D eigenvalue weighted by Gasteiger charge is -2.42. The zero-order chi connectivity index (χ0) is 20.1. The molecule has 1 amide bonds. The van der Waals surface area contributed by atoms with Gasteiger partial charge in [-0.15, -0.1) is 0 Å². The Bertz CT molecular complexity index is 655. The summed E-state index contributed by atoms with van der Waals surface area (Å²) in [5.41, 5.74) is 1.08. The minimum atomic E-state index is -0.272. The number of likely N-dealkylation sites (N-methyl/N-ethyl adjacent to an activating group) is 1. The number of rotatable bonds is 7. The van der Waals surface area contributed by atoms with E-state index in [1.54, 1.807) is 0 Å². The van der Waals surface area contributed by atoms with Gasteiger partial charge < -0.3 is 19.3 Å². The summed E-state index contributed by atoms with van der Waals surface area (Å²) in [6.45, 7) is 7.13. The van der Waals surface area contributed by atoms with Gasteiger partial charge in [0.05, 0.1) is 13.2 Å². The Labute approximate surface area is 174 Å². The number of nitrogens with zero attached hydrogens (tertiary/aromatic N) is 3. The monoisotopic (exact) mass is 401 g/mol. The molecule has 1 aromatic carbocycles. The SMILES string of the molecule is CN(CCc1ccccc1)CCN1CC2(CCN([C@H]3CCCOC3)CC2)OC1=O. The normalized spacial score (nSPS) is 25.0. The molecule has 0 radical (unpaired) electrons. The lowest BCUT2D eigenvalue weighted by Crippen LogP contribution is -2.52. The highest BCUT2D eigenvalue weighted by Crippen LogP contribution is 2.34. The standard InChI is InChI=1S/C23H35N3O3/c1-24(12-9-20-6-3-2-4-7-20)15-16-26-19-23(29-22(26)27)10-13-25(14-11-23)21-8-5-17-28-18-21/h2-4,6-7,21H,5,8-19H2,1H3/t21-/m0/s1. The third kappa shape index (κ3) is 5.30. The molecule has 0 bridgehead atoms. The zero-order valence-electron chi connectivity index (χ0n) is 17.7. The highest BCUT2D eigenvalue weighted by Gasteiger charge is 2.47. The van der Waals surface area contributed by atoms with Gasteiger partial charge in [-0.2, -0.15) is 0 Å². The molecule has 6 heteroatoms. The van der Waals surface area contributed by atoms with E-state index in [0.29, 0.717) is 6.04 Å². The van der Waals surface area contributed by atoms with Gasteiger partial charge in [-0.05, 0) is 31.9 Å². The Kier molecular flexibility index (Phi) is 6.73. The Balaban J connectivity index is 1.20. The van der Waals surface area contributed by atoms with Crippen molar-refractivity contribution in [3.05, 3.63) is 35.9 Å². The van der Waals surface area contributed by atoms with E-state index in [1.807, 2.05) is 4.90 Å². The van der Waals surface area contributed by atoms with Crippen molar-refractivity contribution < 1.29 is 14.3 Å². The number of carbonyl (C=O) groups is 1. The van der Waals surface area contributed by atoms with Gasteiger partial charge in [0, 0.05) is 58.2 Å². The smallest absolute Gasteiger partial charge is 0.410 e. The van der Waals surface area contributed by atoms with Crippen molar-refractivity contribution in [3.63, 3.8) is 0 Å². The molecular weight excluding hydrogens is 366 g/mol. The molecule has 0 unspecified atom stereocenters. The van der Waals surface area contributed by atoms with Crippen molar-refractivity contribution in [2.24, 2.45) is 0 Å². The van der Waals surface area contributed by atoms with E-state index in [-0.39, 0.29) is 11.7 Å². The maximum Gasteiger partial charge on any atom is 0.410 e. The van der Waals surface area contributed by atoms with Gasteiger partial charge in [0.15, 0.2) is 0 Å². The molecule has 4 rings (SSSR count). The van der Waals surface area contributed by atoms with Crippen LogP contribution in [0.2, 0.25) is 0 Å². The first-order valence-corrected chi connectivity index (χ1v) is 11.2. The second-order valence-corrected chi connectivity index (χ2v) is 8.92. The number of likely N-dealkylation sites (tertiary alicyclic amines) is 1. The molecule has 3 aliphatic rings. The van der Waals surface area contributed by atoms with Crippen LogP contribution in [0.5, 0.6) is 0 Å². The van der Waals surface area contributed by atoms with E-state index in [4.69, 9.17) is 9.47 Å². The lowest BCUT2D eigenvalue weighted by molar-refractivity contribution is -0.0389.